The second-order valence-electron chi connectivity index (χ2n) is 5.78. The number of piperidine rings is 1. The fourth-order valence-corrected chi connectivity index (χ4v) is 3.90. The van der Waals surface area contributed by atoms with Crippen molar-refractivity contribution in [3.8, 4) is 10.6 Å². The zero-order chi connectivity index (χ0) is 16.4. The smallest absolute Gasteiger partial charge is 0.250 e. The molecular formula is C16H18N4O2S. The summed E-state index contributed by atoms with van der Waals surface area (Å²) in [5.74, 6) is 0.244. The van der Waals surface area contributed by atoms with Crippen molar-refractivity contribution in [1.29, 1.82) is 0 Å². The fourth-order valence-electron chi connectivity index (χ4n) is 2.82. The van der Waals surface area contributed by atoms with Crippen molar-refractivity contribution >= 4 is 28.7 Å². The number of hydrogen-bond donors (Lipinski definition) is 1. The SMILES string of the molecule is Cc1nc(-c2cccnc2)sc1N1CC(C)CC(NC=O)C1=O. The highest BCUT2D eigenvalue weighted by atomic mass is 32.1. The van der Waals surface area contributed by atoms with Crippen LogP contribution >= 0.6 is 11.3 Å². The highest BCUT2D eigenvalue weighted by Crippen LogP contribution is 2.36. The molecule has 1 saturated heterocycles. The lowest BCUT2D eigenvalue weighted by molar-refractivity contribution is -0.124. The monoisotopic (exact) mass is 330 g/mol. The predicted octanol–water partition coefficient (Wildman–Crippen LogP) is 2.00. The van der Waals surface area contributed by atoms with Crippen molar-refractivity contribution in [2.45, 2.75) is 26.3 Å². The van der Waals surface area contributed by atoms with E-state index in [0.717, 1.165) is 21.3 Å². The van der Waals surface area contributed by atoms with Crippen LogP contribution in [0, 0.1) is 12.8 Å². The molecule has 0 bridgehead atoms. The molecule has 1 aliphatic heterocycles. The van der Waals surface area contributed by atoms with E-state index in [9.17, 15) is 9.59 Å². The van der Waals surface area contributed by atoms with E-state index in [1.807, 2.05) is 19.1 Å². The Balaban J connectivity index is 1.93. The first-order chi connectivity index (χ1) is 11.1. The molecule has 0 spiro atoms. The number of anilines is 1. The molecule has 3 heterocycles. The largest absolute Gasteiger partial charge is 0.347 e. The molecule has 23 heavy (non-hydrogen) atoms. The van der Waals surface area contributed by atoms with Crippen LogP contribution in [-0.4, -0.2) is 34.9 Å². The third-order valence-electron chi connectivity index (χ3n) is 3.89. The van der Waals surface area contributed by atoms with Gasteiger partial charge in [-0.1, -0.05) is 18.3 Å². The summed E-state index contributed by atoms with van der Waals surface area (Å²) in [4.78, 5) is 33.8. The number of rotatable bonds is 4. The molecule has 2 aromatic rings. The molecule has 0 aromatic carbocycles. The van der Waals surface area contributed by atoms with Gasteiger partial charge in [-0.05, 0) is 31.4 Å². The molecule has 0 saturated carbocycles. The van der Waals surface area contributed by atoms with Gasteiger partial charge in [0.15, 0.2) is 0 Å². The van der Waals surface area contributed by atoms with Crippen LogP contribution in [0.1, 0.15) is 19.0 Å². The Kier molecular flexibility index (Phi) is 4.38. The van der Waals surface area contributed by atoms with E-state index in [-0.39, 0.29) is 5.91 Å². The number of nitrogens with zero attached hydrogens (tertiary/aromatic N) is 3. The highest BCUT2D eigenvalue weighted by molar-refractivity contribution is 7.19. The second-order valence-corrected chi connectivity index (χ2v) is 6.76. The first kappa shape index (κ1) is 15.6. The Bertz CT molecular complexity index is 716. The number of pyridine rings is 1. The van der Waals surface area contributed by atoms with E-state index in [1.165, 1.54) is 11.3 Å². The van der Waals surface area contributed by atoms with Gasteiger partial charge in [0.2, 0.25) is 12.3 Å². The summed E-state index contributed by atoms with van der Waals surface area (Å²) < 4.78 is 0. The summed E-state index contributed by atoms with van der Waals surface area (Å²) in [7, 11) is 0. The molecule has 0 radical (unpaired) electrons. The van der Waals surface area contributed by atoms with Crippen LogP contribution in [0.4, 0.5) is 5.00 Å². The van der Waals surface area contributed by atoms with Crippen LogP contribution in [0.25, 0.3) is 10.6 Å². The molecular weight excluding hydrogens is 312 g/mol. The minimum absolute atomic E-state index is 0.0697. The van der Waals surface area contributed by atoms with Crippen molar-refractivity contribution in [1.82, 2.24) is 15.3 Å². The van der Waals surface area contributed by atoms with Gasteiger partial charge in [0.1, 0.15) is 16.1 Å². The van der Waals surface area contributed by atoms with Gasteiger partial charge >= 0.3 is 0 Å². The maximum atomic E-state index is 12.6. The Morgan fingerprint density at radius 3 is 3.00 bits per heavy atom. The van der Waals surface area contributed by atoms with Crippen molar-refractivity contribution in [2.75, 3.05) is 11.4 Å². The first-order valence-corrected chi connectivity index (χ1v) is 8.30. The van der Waals surface area contributed by atoms with Crippen LogP contribution in [0.5, 0.6) is 0 Å². The maximum absolute atomic E-state index is 12.6. The second kappa shape index (κ2) is 6.45. The van der Waals surface area contributed by atoms with Gasteiger partial charge in [0, 0.05) is 24.5 Å². The molecule has 2 unspecified atom stereocenters. The number of amides is 2. The lowest BCUT2D eigenvalue weighted by Gasteiger charge is -2.34. The van der Waals surface area contributed by atoms with Gasteiger partial charge in [-0.15, -0.1) is 0 Å². The van der Waals surface area contributed by atoms with Crippen LogP contribution in [0.3, 0.4) is 0 Å². The lowest BCUT2D eigenvalue weighted by Crippen LogP contribution is -2.53. The van der Waals surface area contributed by atoms with E-state index < -0.39 is 6.04 Å². The van der Waals surface area contributed by atoms with Crippen molar-refractivity contribution in [3.63, 3.8) is 0 Å². The maximum Gasteiger partial charge on any atom is 0.250 e. The van der Waals surface area contributed by atoms with Gasteiger partial charge in [-0.2, -0.15) is 0 Å². The Morgan fingerprint density at radius 1 is 1.48 bits per heavy atom. The zero-order valence-electron chi connectivity index (χ0n) is 13.0. The molecule has 7 heteroatoms. The summed E-state index contributed by atoms with van der Waals surface area (Å²) >= 11 is 1.48. The molecule has 2 aromatic heterocycles. The number of hydrogen-bond acceptors (Lipinski definition) is 5. The van der Waals surface area contributed by atoms with Crippen molar-refractivity contribution in [3.05, 3.63) is 30.2 Å². The lowest BCUT2D eigenvalue weighted by atomic mass is 9.95. The number of aromatic nitrogens is 2. The number of aryl methyl sites for hydroxylation is 1. The topological polar surface area (TPSA) is 75.2 Å². The quantitative estimate of drug-likeness (QED) is 0.870. The predicted molar refractivity (Wildman–Crippen MR) is 89.2 cm³/mol. The Labute approximate surface area is 138 Å². The summed E-state index contributed by atoms with van der Waals surface area (Å²) in [5.41, 5.74) is 1.76. The third kappa shape index (κ3) is 3.10. The molecule has 2 amide bonds. The molecule has 1 fully saturated rings. The fraction of sp³-hybridized carbons (Fsp3) is 0.375. The Morgan fingerprint density at radius 2 is 2.30 bits per heavy atom. The summed E-state index contributed by atoms with van der Waals surface area (Å²) in [6, 6.07) is 3.36. The molecule has 2 atom stereocenters. The van der Waals surface area contributed by atoms with E-state index in [4.69, 9.17) is 0 Å². The standard InChI is InChI=1S/C16H18N4O2S/c1-10-6-13(18-9-21)15(22)20(8-10)16-11(2)19-14(23-16)12-4-3-5-17-7-12/h3-5,7,9-10,13H,6,8H2,1-2H3,(H,18,21). The van der Waals surface area contributed by atoms with Crippen LogP contribution in [-0.2, 0) is 9.59 Å². The van der Waals surface area contributed by atoms with E-state index in [0.29, 0.717) is 25.3 Å². The molecule has 120 valence electrons. The minimum Gasteiger partial charge on any atom is -0.347 e. The number of thiazole rings is 1. The number of carbonyl (C=O) groups is 2. The van der Waals surface area contributed by atoms with Gasteiger partial charge in [-0.25, -0.2) is 4.98 Å². The third-order valence-corrected chi connectivity index (χ3v) is 5.12. The molecule has 3 rings (SSSR count). The van der Waals surface area contributed by atoms with E-state index in [2.05, 4.69) is 22.2 Å². The van der Waals surface area contributed by atoms with Gasteiger partial charge in [0.25, 0.3) is 0 Å². The summed E-state index contributed by atoms with van der Waals surface area (Å²) in [5, 5.41) is 4.31. The van der Waals surface area contributed by atoms with E-state index >= 15 is 0 Å². The van der Waals surface area contributed by atoms with Crippen LogP contribution < -0.4 is 10.2 Å². The average molecular weight is 330 g/mol. The first-order valence-electron chi connectivity index (χ1n) is 7.49. The molecule has 0 aliphatic carbocycles. The van der Waals surface area contributed by atoms with Crippen LogP contribution in [0.15, 0.2) is 24.5 Å². The normalized spacial score (nSPS) is 21.3. The Hall–Kier alpha value is -2.28. The van der Waals surface area contributed by atoms with Gasteiger partial charge < -0.3 is 10.2 Å². The average Bonchev–Trinajstić information content (AvgIpc) is 2.93. The zero-order valence-corrected chi connectivity index (χ0v) is 13.8. The summed E-state index contributed by atoms with van der Waals surface area (Å²) in [6.07, 6.45) is 4.75. The summed E-state index contributed by atoms with van der Waals surface area (Å²) in [6.45, 7) is 4.63. The molecule has 6 nitrogen and oxygen atoms in total. The highest BCUT2D eigenvalue weighted by Gasteiger charge is 2.34. The van der Waals surface area contributed by atoms with Gasteiger partial charge in [-0.3, -0.25) is 14.6 Å². The number of carbonyl (C=O) groups excluding carboxylic acids is 2. The number of nitrogens with one attached hydrogen (secondary N) is 1. The van der Waals surface area contributed by atoms with E-state index in [1.54, 1.807) is 17.3 Å². The van der Waals surface area contributed by atoms with Crippen molar-refractivity contribution in [2.24, 2.45) is 5.92 Å². The minimum atomic E-state index is -0.459. The van der Waals surface area contributed by atoms with Gasteiger partial charge in [0.05, 0.1) is 5.69 Å². The molecule has 1 N–H and O–H groups in total. The van der Waals surface area contributed by atoms with Crippen LogP contribution in [0.2, 0.25) is 0 Å². The molecule has 1 aliphatic rings. The van der Waals surface area contributed by atoms with Crippen molar-refractivity contribution < 1.29 is 9.59 Å².